The monoisotopic (exact) mass is 1010 g/mol. The Morgan fingerprint density at radius 2 is 1.37 bits per heavy atom. The van der Waals surface area contributed by atoms with Gasteiger partial charge in [0.25, 0.3) is 7.82 Å². The first-order valence-corrected chi connectivity index (χ1v) is 28.4. The lowest BCUT2D eigenvalue weighted by molar-refractivity contribution is -0.373. The molecule has 0 radical (unpaired) electrons. The molecule has 1 aliphatic carbocycles. The number of phosphoric acid groups is 1. The van der Waals surface area contributed by atoms with Crippen LogP contribution in [0, 0.1) is 5.92 Å². The van der Waals surface area contributed by atoms with Crippen LogP contribution in [0.4, 0.5) is 0 Å². The quantitative estimate of drug-likeness (QED) is 0.00988. The Morgan fingerprint density at radius 3 is 1.93 bits per heavy atom. The molecule has 0 aromatic heterocycles. The number of methoxy groups -OCH3 is 1. The highest BCUT2D eigenvalue weighted by molar-refractivity contribution is 7.45. The van der Waals surface area contributed by atoms with Crippen LogP contribution in [0.25, 0.3) is 0 Å². The normalized spacial score (nSPS) is 23.7. The summed E-state index contributed by atoms with van der Waals surface area (Å²) >= 11 is 6.33. The predicted molar refractivity (Wildman–Crippen MR) is 264 cm³/mol. The van der Waals surface area contributed by atoms with Crippen molar-refractivity contribution in [3.05, 3.63) is 11.6 Å². The zero-order valence-corrected chi connectivity index (χ0v) is 44.5. The van der Waals surface area contributed by atoms with E-state index in [1.165, 1.54) is 69.8 Å². The highest BCUT2D eigenvalue weighted by Crippen LogP contribution is 2.55. The Morgan fingerprint density at radius 1 is 0.824 bits per heavy atom. The molecule has 1 aliphatic heterocycles. The average Bonchev–Trinajstić information content (AvgIpc) is 3.98. The second-order valence-electron chi connectivity index (χ2n) is 19.6. The topological polar surface area (TPSA) is 219 Å². The Hall–Kier alpha value is -1.65. The Labute approximate surface area is 415 Å². The zero-order valence-electron chi connectivity index (χ0n) is 42.9. The van der Waals surface area contributed by atoms with Crippen molar-refractivity contribution in [3.8, 4) is 0 Å². The number of unbranched alkanes of at least 4 members (excludes halogenated alkanes) is 18. The third-order valence-corrected chi connectivity index (χ3v) is 14.7. The lowest BCUT2D eigenvalue weighted by atomic mass is 9.66. The van der Waals surface area contributed by atoms with E-state index < -0.39 is 61.8 Å². The molecule has 0 aromatic carbocycles. The molecule has 2 rings (SSSR count). The molecule has 68 heavy (non-hydrogen) atoms. The van der Waals surface area contributed by atoms with Gasteiger partial charge in [-0.2, -0.15) is 0 Å². The summed E-state index contributed by atoms with van der Waals surface area (Å²) in [5, 5.41) is 15.0. The number of aliphatic hydroxyl groups is 1. The maximum Gasteiger partial charge on any atom is 0.306 e. The van der Waals surface area contributed by atoms with Gasteiger partial charge < -0.3 is 53.8 Å². The number of carbonyl (C=O) groups is 3. The van der Waals surface area contributed by atoms with Gasteiger partial charge in [-0.15, -0.1) is 11.6 Å². The fourth-order valence-electron chi connectivity index (χ4n) is 9.23. The minimum absolute atomic E-state index is 0.0428. The summed E-state index contributed by atoms with van der Waals surface area (Å²) in [5.74, 6) is -1.63. The molecule has 5 N–H and O–H groups in total. The van der Waals surface area contributed by atoms with Crippen LogP contribution in [0.15, 0.2) is 11.6 Å². The molecule has 0 bridgehead atoms. The number of quaternary nitrogens is 1. The number of allylic oxidation sites excluding steroid dienone is 1. The number of rotatable bonds is 43. The first kappa shape index (κ1) is 62.5. The van der Waals surface area contributed by atoms with Crippen molar-refractivity contribution in [3.63, 3.8) is 0 Å². The molecule has 2 unspecified atom stereocenters. The van der Waals surface area contributed by atoms with Gasteiger partial charge in [0.15, 0.2) is 6.10 Å². The molecule has 0 spiro atoms. The van der Waals surface area contributed by atoms with Crippen LogP contribution in [-0.2, 0) is 51.7 Å². The molecule has 398 valence electrons. The number of nitrogens with one attached hydrogen (secondary N) is 1. The molecule has 0 aromatic rings. The average molecular weight is 1010 g/mol. The van der Waals surface area contributed by atoms with Crippen molar-refractivity contribution >= 4 is 37.3 Å². The van der Waals surface area contributed by atoms with Crippen LogP contribution in [0.5, 0.6) is 0 Å². The number of halogens is 1. The van der Waals surface area contributed by atoms with Gasteiger partial charge in [-0.1, -0.05) is 128 Å². The maximum atomic E-state index is 12.9. The number of hydrogen-bond donors (Lipinski definition) is 3. The highest BCUT2D eigenvalue weighted by atomic mass is 35.5. The summed E-state index contributed by atoms with van der Waals surface area (Å²) in [5.41, 5.74) is 2.92. The molecule has 1 heterocycles. The molecule has 2 fully saturated rings. The van der Waals surface area contributed by atoms with Gasteiger partial charge in [0.2, 0.25) is 0 Å². The fourth-order valence-corrected chi connectivity index (χ4v) is 10.3. The number of alkyl halides is 1. The van der Waals surface area contributed by atoms with E-state index in [-0.39, 0.29) is 57.0 Å². The number of epoxide rings is 1. The molecule has 2 aliphatic rings. The van der Waals surface area contributed by atoms with E-state index in [9.17, 15) is 28.9 Å². The van der Waals surface area contributed by atoms with Gasteiger partial charge in [0.05, 0.1) is 36.7 Å². The molecule has 17 heteroatoms. The number of ether oxygens (including phenoxy) is 5. The third-order valence-electron chi connectivity index (χ3n) is 13.3. The number of carbonyl (C=O) groups excluding carboxylic acids is 3. The second kappa shape index (κ2) is 36.3. The minimum Gasteiger partial charge on any atom is -0.756 e. The van der Waals surface area contributed by atoms with E-state index in [1.54, 1.807) is 7.11 Å². The van der Waals surface area contributed by atoms with Crippen LogP contribution in [-0.4, -0.2) is 111 Å². The third kappa shape index (κ3) is 26.7. The predicted octanol–water partition coefficient (Wildman–Crippen LogP) is 8.98. The van der Waals surface area contributed by atoms with E-state index in [0.717, 1.165) is 64.3 Å². The van der Waals surface area contributed by atoms with Gasteiger partial charge in [0.1, 0.15) is 31.0 Å². The molecule has 1 saturated carbocycles. The Kier molecular flexibility index (Phi) is 33.3. The first-order valence-electron chi connectivity index (χ1n) is 26.4. The smallest absolute Gasteiger partial charge is 0.306 e. The maximum absolute atomic E-state index is 12.9. The van der Waals surface area contributed by atoms with Crippen molar-refractivity contribution in [2.45, 2.75) is 237 Å². The van der Waals surface area contributed by atoms with Gasteiger partial charge in [0, 0.05) is 26.4 Å². The molecular weight excluding hydrogens is 915 g/mol. The van der Waals surface area contributed by atoms with E-state index in [1.807, 2.05) is 20.8 Å². The summed E-state index contributed by atoms with van der Waals surface area (Å²) in [6.45, 7) is 9.11. The molecule has 8 atom stereocenters. The number of phosphoric ester groups is 1. The molecule has 15 nitrogen and oxygen atoms in total. The van der Waals surface area contributed by atoms with E-state index in [4.69, 9.17) is 44.3 Å². The van der Waals surface area contributed by atoms with Crippen LogP contribution in [0.1, 0.15) is 201 Å². The zero-order chi connectivity index (χ0) is 50.1. The van der Waals surface area contributed by atoms with Gasteiger partial charge in [-0.05, 0) is 78.8 Å². The van der Waals surface area contributed by atoms with E-state index >= 15 is 0 Å². The summed E-state index contributed by atoms with van der Waals surface area (Å²) < 4.78 is 50.7. The fraction of sp³-hybridized carbons (Fsp3) is 0.902. The van der Waals surface area contributed by atoms with Gasteiger partial charge >= 0.3 is 17.9 Å². The van der Waals surface area contributed by atoms with E-state index in [0.29, 0.717) is 38.6 Å². The van der Waals surface area contributed by atoms with Crippen molar-refractivity contribution in [2.75, 3.05) is 52.4 Å². The van der Waals surface area contributed by atoms with Crippen molar-refractivity contribution in [2.24, 2.45) is 5.92 Å². The lowest BCUT2D eigenvalue weighted by Gasteiger charge is -2.48. The molecule has 1 saturated heterocycles. The van der Waals surface area contributed by atoms with Crippen LogP contribution >= 0.6 is 19.4 Å². The Balaban J connectivity index is 1.58. The Bertz CT molecular complexity index is 1460. The van der Waals surface area contributed by atoms with Crippen molar-refractivity contribution < 1.29 is 67.4 Å². The van der Waals surface area contributed by atoms with Gasteiger partial charge in [-0.3, -0.25) is 18.9 Å². The largest absolute Gasteiger partial charge is 0.756 e. The summed E-state index contributed by atoms with van der Waals surface area (Å²) in [6, 6.07) is 0. The van der Waals surface area contributed by atoms with Crippen molar-refractivity contribution in [1.82, 2.24) is 5.32 Å². The van der Waals surface area contributed by atoms with Crippen molar-refractivity contribution in [1.29, 1.82) is 0 Å². The first-order chi connectivity index (χ1) is 32.6. The number of esters is 3. The van der Waals surface area contributed by atoms with E-state index in [2.05, 4.69) is 24.1 Å². The minimum atomic E-state index is -4.64. The second-order valence-corrected chi connectivity index (χ2v) is 21.3. The van der Waals surface area contributed by atoms with Gasteiger partial charge in [-0.25, -0.2) is 0 Å². The van der Waals surface area contributed by atoms with Crippen LogP contribution < -0.4 is 15.9 Å². The summed E-state index contributed by atoms with van der Waals surface area (Å²) in [6.07, 6.45) is 25.2. The lowest BCUT2D eigenvalue weighted by Crippen LogP contribution is -2.61. The number of hydrogen-bond acceptors (Lipinski definition) is 14. The molecular formula is C51H94ClN2O13P. The highest BCUT2D eigenvalue weighted by Gasteiger charge is 2.67. The van der Waals surface area contributed by atoms with Crippen LogP contribution in [0.2, 0.25) is 0 Å². The standard InChI is InChI=1S/C51H94ClN2O13P/c1-6-7-8-9-10-11-12-13-14-15-16-17-20-23-27-45(55)62-38-42(39-64-68(59,60)63-37-34-53)65-46(56)28-24-21-18-19-22-25-35-54-36-26-29-47(57)66-43-32-33-51(58,40-52)49(48(43)61-5)50(4)44(67-50)31-30-41(2)3/h30,42-44,48-49,54,58H,6-29,31-40,53H2,1-5H3,(H,59,60)/t42-,43+,44?,48+,49+,50-,51-/m0/s1. The summed E-state index contributed by atoms with van der Waals surface area (Å²) in [7, 11) is -3.06. The van der Waals surface area contributed by atoms with Crippen LogP contribution in [0.3, 0.4) is 0 Å². The summed E-state index contributed by atoms with van der Waals surface area (Å²) in [4.78, 5) is 50.2. The molecule has 0 amide bonds. The SMILES string of the molecule is CCCCCCCCCCCCCCCCC(=O)OC[C@@H](COP(=O)([O-])OCC[NH3+])OC(=O)CCCCCCCCNCCCC(=O)O[C@@H]1CC[C@](O)(CCl)[C@@H]([C@@]2(C)OC2CC=C(C)C)[C@@H]1OC.